The van der Waals surface area contributed by atoms with Crippen molar-refractivity contribution >= 4 is 27.7 Å². The van der Waals surface area contributed by atoms with E-state index in [-0.39, 0.29) is 17.4 Å². The molecule has 0 saturated carbocycles. The van der Waals surface area contributed by atoms with Gasteiger partial charge in [0.15, 0.2) is 0 Å². The third-order valence-electron chi connectivity index (χ3n) is 3.78. The van der Waals surface area contributed by atoms with Gasteiger partial charge in [0.2, 0.25) is 0 Å². The number of rotatable bonds is 2. The van der Waals surface area contributed by atoms with Crippen molar-refractivity contribution in [3.63, 3.8) is 0 Å². The number of carbonyl (C=O) groups excluding carboxylic acids is 2. The second-order valence-corrected chi connectivity index (χ2v) is 6.14. The molecule has 2 amide bonds. The van der Waals surface area contributed by atoms with Crippen LogP contribution < -0.4 is 0 Å². The normalized spacial score (nSPS) is 14.9. The maximum atomic E-state index is 13.8. The van der Waals surface area contributed by atoms with Gasteiger partial charge in [0.05, 0.1) is 17.4 Å². The molecule has 120 valence electrons. The SMILES string of the molecule is O=C(c1ccoc1)N1CCN(C(=O)c2cc(Br)ccc2F)CC1. The summed E-state index contributed by atoms with van der Waals surface area (Å²) in [4.78, 5) is 27.8. The number of carbonyl (C=O) groups is 2. The highest BCUT2D eigenvalue weighted by atomic mass is 79.9. The lowest BCUT2D eigenvalue weighted by Crippen LogP contribution is -2.50. The van der Waals surface area contributed by atoms with Crippen LogP contribution in [0.25, 0.3) is 0 Å². The molecule has 1 aliphatic heterocycles. The molecule has 0 aliphatic carbocycles. The largest absolute Gasteiger partial charge is 0.472 e. The van der Waals surface area contributed by atoms with Crippen molar-refractivity contribution in [3.8, 4) is 0 Å². The fourth-order valence-electron chi connectivity index (χ4n) is 2.51. The van der Waals surface area contributed by atoms with Crippen molar-refractivity contribution in [3.05, 3.63) is 58.2 Å². The van der Waals surface area contributed by atoms with Gasteiger partial charge in [-0.25, -0.2) is 4.39 Å². The third-order valence-corrected chi connectivity index (χ3v) is 4.27. The number of halogens is 2. The van der Waals surface area contributed by atoms with E-state index in [2.05, 4.69) is 15.9 Å². The number of furan rings is 1. The molecule has 0 radical (unpaired) electrons. The van der Waals surface area contributed by atoms with Crippen molar-refractivity contribution in [2.24, 2.45) is 0 Å². The highest BCUT2D eigenvalue weighted by Gasteiger charge is 2.27. The van der Waals surface area contributed by atoms with E-state index >= 15 is 0 Å². The summed E-state index contributed by atoms with van der Waals surface area (Å²) < 4.78 is 19.4. The Morgan fingerprint density at radius 2 is 1.70 bits per heavy atom. The highest BCUT2D eigenvalue weighted by molar-refractivity contribution is 9.10. The number of amides is 2. The summed E-state index contributed by atoms with van der Waals surface area (Å²) in [6, 6.07) is 5.89. The van der Waals surface area contributed by atoms with Crippen LogP contribution in [-0.4, -0.2) is 47.8 Å². The first-order chi connectivity index (χ1) is 11.1. The first-order valence-corrected chi connectivity index (χ1v) is 7.91. The third kappa shape index (κ3) is 3.29. The highest BCUT2D eigenvalue weighted by Crippen LogP contribution is 2.18. The monoisotopic (exact) mass is 380 g/mol. The summed E-state index contributed by atoms with van der Waals surface area (Å²) in [5.41, 5.74) is 0.525. The average molecular weight is 381 g/mol. The lowest BCUT2D eigenvalue weighted by Gasteiger charge is -2.34. The Labute approximate surface area is 140 Å². The van der Waals surface area contributed by atoms with Crippen LogP contribution in [0.15, 0.2) is 45.7 Å². The number of nitrogens with zero attached hydrogens (tertiary/aromatic N) is 2. The molecule has 5 nitrogen and oxygen atoms in total. The standard InChI is InChI=1S/C16H14BrFN2O3/c17-12-1-2-14(18)13(9-12)16(22)20-6-4-19(5-7-20)15(21)11-3-8-23-10-11/h1-3,8-10H,4-7H2. The molecule has 0 spiro atoms. The van der Waals surface area contributed by atoms with Crippen molar-refractivity contribution in [1.82, 2.24) is 9.80 Å². The fraction of sp³-hybridized carbons (Fsp3) is 0.250. The van der Waals surface area contributed by atoms with Crippen molar-refractivity contribution in [2.45, 2.75) is 0 Å². The molecule has 23 heavy (non-hydrogen) atoms. The van der Waals surface area contributed by atoms with Gasteiger partial charge in [0, 0.05) is 30.7 Å². The molecule has 1 saturated heterocycles. The van der Waals surface area contributed by atoms with E-state index in [9.17, 15) is 14.0 Å². The molecule has 1 aliphatic rings. The van der Waals surface area contributed by atoms with Crippen LogP contribution in [0.1, 0.15) is 20.7 Å². The lowest BCUT2D eigenvalue weighted by molar-refractivity contribution is 0.0532. The van der Waals surface area contributed by atoms with Crippen LogP contribution >= 0.6 is 15.9 Å². The predicted molar refractivity (Wildman–Crippen MR) is 84.6 cm³/mol. The first-order valence-electron chi connectivity index (χ1n) is 7.12. The van der Waals surface area contributed by atoms with Gasteiger partial charge >= 0.3 is 0 Å². The van der Waals surface area contributed by atoms with Gasteiger partial charge in [-0.3, -0.25) is 9.59 Å². The molecule has 2 heterocycles. The van der Waals surface area contributed by atoms with Crippen LogP contribution in [0, 0.1) is 5.82 Å². The minimum Gasteiger partial charge on any atom is -0.472 e. The molecule has 1 aromatic heterocycles. The number of piperazine rings is 1. The Kier molecular flexibility index (Phi) is 4.47. The fourth-order valence-corrected chi connectivity index (χ4v) is 2.87. The maximum absolute atomic E-state index is 13.8. The van der Waals surface area contributed by atoms with Gasteiger partial charge < -0.3 is 14.2 Å². The molecule has 3 rings (SSSR count). The summed E-state index contributed by atoms with van der Waals surface area (Å²) in [6.07, 6.45) is 2.85. The zero-order valence-corrected chi connectivity index (χ0v) is 13.8. The molecular formula is C16H14BrFN2O3. The second kappa shape index (κ2) is 6.54. The van der Waals surface area contributed by atoms with Gasteiger partial charge in [0.25, 0.3) is 11.8 Å². The Hall–Kier alpha value is -2.15. The Morgan fingerprint density at radius 3 is 2.30 bits per heavy atom. The molecular weight excluding hydrogens is 367 g/mol. The summed E-state index contributed by atoms with van der Waals surface area (Å²) in [5.74, 6) is -1.03. The minimum atomic E-state index is -0.546. The minimum absolute atomic E-state index is 0.0361. The summed E-state index contributed by atoms with van der Waals surface area (Å²) in [5, 5.41) is 0. The Bertz CT molecular complexity index is 725. The second-order valence-electron chi connectivity index (χ2n) is 5.22. The topological polar surface area (TPSA) is 53.8 Å². The van der Waals surface area contributed by atoms with E-state index in [4.69, 9.17) is 4.42 Å². The molecule has 0 bridgehead atoms. The molecule has 2 aromatic rings. The first kappa shape index (κ1) is 15.7. The van der Waals surface area contributed by atoms with Crippen LogP contribution in [0.3, 0.4) is 0 Å². The number of hydrogen-bond donors (Lipinski definition) is 0. The van der Waals surface area contributed by atoms with Gasteiger partial charge in [0.1, 0.15) is 12.1 Å². The zero-order valence-electron chi connectivity index (χ0n) is 12.2. The van der Waals surface area contributed by atoms with Crippen molar-refractivity contribution in [2.75, 3.05) is 26.2 Å². The number of hydrogen-bond acceptors (Lipinski definition) is 3. The Balaban J connectivity index is 1.66. The summed E-state index contributed by atoms with van der Waals surface area (Å²) >= 11 is 3.24. The van der Waals surface area contributed by atoms with E-state index in [0.29, 0.717) is 36.2 Å². The summed E-state index contributed by atoms with van der Waals surface area (Å²) in [6.45, 7) is 1.56. The van der Waals surface area contributed by atoms with E-state index in [1.54, 1.807) is 21.9 Å². The van der Waals surface area contributed by atoms with Crippen LogP contribution in [-0.2, 0) is 0 Å². The van der Waals surface area contributed by atoms with Crippen LogP contribution in [0.2, 0.25) is 0 Å². The molecule has 0 N–H and O–H groups in total. The molecule has 0 atom stereocenters. The Morgan fingerprint density at radius 1 is 1.04 bits per heavy atom. The average Bonchev–Trinajstić information content (AvgIpc) is 3.10. The summed E-state index contributed by atoms with van der Waals surface area (Å²) in [7, 11) is 0. The molecule has 1 aromatic carbocycles. The van der Waals surface area contributed by atoms with Crippen LogP contribution in [0.4, 0.5) is 4.39 Å². The molecule has 1 fully saturated rings. The quantitative estimate of drug-likeness (QED) is 0.804. The number of benzene rings is 1. The smallest absolute Gasteiger partial charge is 0.257 e. The lowest BCUT2D eigenvalue weighted by atomic mass is 10.1. The molecule has 7 heteroatoms. The van der Waals surface area contributed by atoms with E-state index in [0.717, 1.165) is 0 Å². The van der Waals surface area contributed by atoms with Gasteiger partial charge in [-0.15, -0.1) is 0 Å². The van der Waals surface area contributed by atoms with Crippen LogP contribution in [0.5, 0.6) is 0 Å². The van der Waals surface area contributed by atoms with E-state index < -0.39 is 5.82 Å². The van der Waals surface area contributed by atoms with E-state index in [1.807, 2.05) is 0 Å². The van der Waals surface area contributed by atoms with Gasteiger partial charge in [-0.1, -0.05) is 15.9 Å². The van der Waals surface area contributed by atoms with Gasteiger partial charge in [-0.05, 0) is 24.3 Å². The maximum Gasteiger partial charge on any atom is 0.257 e. The van der Waals surface area contributed by atoms with Crippen molar-refractivity contribution in [1.29, 1.82) is 0 Å². The van der Waals surface area contributed by atoms with Gasteiger partial charge in [-0.2, -0.15) is 0 Å². The van der Waals surface area contributed by atoms with Crippen molar-refractivity contribution < 1.29 is 18.4 Å². The zero-order chi connectivity index (χ0) is 16.4. The molecule has 0 unspecified atom stereocenters. The van der Waals surface area contributed by atoms with E-state index in [1.165, 1.54) is 24.7 Å². The predicted octanol–water partition coefficient (Wildman–Crippen LogP) is 2.78.